The second-order valence-electron chi connectivity index (χ2n) is 4.91. The third-order valence-corrected chi connectivity index (χ3v) is 4.09. The number of nitrogens with two attached hydrogens (primary N) is 1. The van der Waals surface area contributed by atoms with Crippen molar-refractivity contribution in [1.29, 1.82) is 0 Å². The molecule has 0 radical (unpaired) electrons. The van der Waals surface area contributed by atoms with Crippen molar-refractivity contribution in [2.75, 3.05) is 13.1 Å². The highest BCUT2D eigenvalue weighted by molar-refractivity contribution is 7.09. The van der Waals surface area contributed by atoms with Gasteiger partial charge in [0.1, 0.15) is 0 Å². The van der Waals surface area contributed by atoms with Gasteiger partial charge in [0.15, 0.2) is 5.96 Å². The minimum Gasteiger partial charge on any atom is -0.386 e. The average molecular weight is 303 g/mol. The molecule has 4 nitrogen and oxygen atoms in total. The zero-order chi connectivity index (χ0) is 15.1. The molecule has 0 amide bonds. The maximum Gasteiger partial charge on any atom is 0.188 e. The Labute approximate surface area is 129 Å². The van der Waals surface area contributed by atoms with Gasteiger partial charge in [0.25, 0.3) is 0 Å². The normalized spacial score (nSPS) is 13.1. The number of aliphatic hydroxyl groups excluding tert-OH is 1. The smallest absolute Gasteiger partial charge is 0.188 e. The molecule has 0 saturated carbocycles. The lowest BCUT2D eigenvalue weighted by Gasteiger charge is -2.10. The molecule has 2 rings (SSSR count). The predicted octanol–water partition coefficient (Wildman–Crippen LogP) is 2.24. The summed E-state index contributed by atoms with van der Waals surface area (Å²) in [6, 6.07) is 11.9. The van der Waals surface area contributed by atoms with Gasteiger partial charge in [0.2, 0.25) is 0 Å². The van der Waals surface area contributed by atoms with Crippen molar-refractivity contribution >= 4 is 17.3 Å². The van der Waals surface area contributed by atoms with Crippen LogP contribution in [0.25, 0.3) is 0 Å². The SMILES string of the molecule is Cc1ccc([C@@H](O)CN=C(N)NCCc2cccs2)cc1. The second kappa shape index (κ2) is 7.81. The summed E-state index contributed by atoms with van der Waals surface area (Å²) < 4.78 is 0. The Kier molecular flexibility index (Phi) is 5.78. The molecular weight excluding hydrogens is 282 g/mol. The molecule has 0 bridgehead atoms. The molecule has 1 atom stereocenters. The fraction of sp³-hybridized carbons (Fsp3) is 0.312. The first-order chi connectivity index (χ1) is 10.1. The summed E-state index contributed by atoms with van der Waals surface area (Å²) >= 11 is 1.73. The van der Waals surface area contributed by atoms with Crippen molar-refractivity contribution in [3.63, 3.8) is 0 Å². The van der Waals surface area contributed by atoms with E-state index in [1.165, 1.54) is 10.4 Å². The van der Waals surface area contributed by atoms with Crippen LogP contribution in [0.5, 0.6) is 0 Å². The largest absolute Gasteiger partial charge is 0.386 e. The van der Waals surface area contributed by atoms with Crippen molar-refractivity contribution in [2.45, 2.75) is 19.4 Å². The van der Waals surface area contributed by atoms with Crippen LogP contribution in [-0.2, 0) is 6.42 Å². The molecular formula is C16H21N3OS. The standard InChI is InChI=1S/C16H21N3OS/c1-12-4-6-13(7-5-12)15(20)11-19-16(17)18-9-8-14-3-2-10-21-14/h2-7,10,15,20H,8-9,11H2,1H3,(H3,17,18,19)/t15-/m0/s1. The van der Waals surface area contributed by atoms with Gasteiger partial charge in [-0.15, -0.1) is 11.3 Å². The lowest BCUT2D eigenvalue weighted by Crippen LogP contribution is -2.33. The number of benzene rings is 1. The van der Waals surface area contributed by atoms with Crippen LogP contribution in [0, 0.1) is 6.92 Å². The van der Waals surface area contributed by atoms with Crippen LogP contribution >= 0.6 is 11.3 Å². The molecule has 21 heavy (non-hydrogen) atoms. The van der Waals surface area contributed by atoms with Gasteiger partial charge in [0, 0.05) is 11.4 Å². The molecule has 0 unspecified atom stereocenters. The van der Waals surface area contributed by atoms with E-state index in [1.807, 2.05) is 37.3 Å². The zero-order valence-corrected chi connectivity index (χ0v) is 12.9. The van der Waals surface area contributed by atoms with E-state index in [0.717, 1.165) is 18.5 Å². The van der Waals surface area contributed by atoms with Gasteiger partial charge >= 0.3 is 0 Å². The van der Waals surface area contributed by atoms with E-state index in [0.29, 0.717) is 5.96 Å². The van der Waals surface area contributed by atoms with Crippen LogP contribution in [0.2, 0.25) is 0 Å². The van der Waals surface area contributed by atoms with E-state index >= 15 is 0 Å². The summed E-state index contributed by atoms with van der Waals surface area (Å²) in [5.74, 6) is 0.373. The van der Waals surface area contributed by atoms with Crippen LogP contribution in [0.15, 0.2) is 46.8 Å². The molecule has 1 heterocycles. The Balaban J connectivity index is 1.75. The highest BCUT2D eigenvalue weighted by atomic mass is 32.1. The van der Waals surface area contributed by atoms with E-state index in [-0.39, 0.29) is 6.54 Å². The molecule has 0 saturated heterocycles. The molecule has 0 aliphatic rings. The fourth-order valence-corrected chi connectivity index (χ4v) is 2.61. The van der Waals surface area contributed by atoms with E-state index in [4.69, 9.17) is 5.73 Å². The number of nitrogens with zero attached hydrogens (tertiary/aromatic N) is 1. The first-order valence-electron chi connectivity index (χ1n) is 6.96. The quantitative estimate of drug-likeness (QED) is 0.566. The molecule has 5 heteroatoms. The number of aryl methyl sites for hydroxylation is 1. The van der Waals surface area contributed by atoms with E-state index in [2.05, 4.69) is 21.8 Å². The third-order valence-electron chi connectivity index (χ3n) is 3.15. The molecule has 0 aliphatic carbocycles. The van der Waals surface area contributed by atoms with Gasteiger partial charge in [-0.3, -0.25) is 4.99 Å². The number of aliphatic hydroxyl groups is 1. The number of nitrogens with one attached hydrogen (secondary N) is 1. The van der Waals surface area contributed by atoms with E-state index < -0.39 is 6.10 Å². The van der Waals surface area contributed by atoms with Crippen LogP contribution in [0.1, 0.15) is 22.1 Å². The summed E-state index contributed by atoms with van der Waals surface area (Å²) in [4.78, 5) is 5.49. The molecule has 112 valence electrons. The predicted molar refractivity (Wildman–Crippen MR) is 88.7 cm³/mol. The zero-order valence-electron chi connectivity index (χ0n) is 12.1. The van der Waals surface area contributed by atoms with Gasteiger partial charge < -0.3 is 16.2 Å². The summed E-state index contributed by atoms with van der Waals surface area (Å²) in [5, 5.41) is 15.2. The topological polar surface area (TPSA) is 70.6 Å². The van der Waals surface area contributed by atoms with E-state index in [1.54, 1.807) is 11.3 Å². The number of hydrogen-bond acceptors (Lipinski definition) is 3. The maximum absolute atomic E-state index is 10.0. The summed E-state index contributed by atoms with van der Waals surface area (Å²) in [5.41, 5.74) is 7.82. The van der Waals surface area contributed by atoms with Crippen molar-refractivity contribution in [1.82, 2.24) is 5.32 Å². The van der Waals surface area contributed by atoms with Gasteiger partial charge in [0.05, 0.1) is 12.6 Å². The second-order valence-corrected chi connectivity index (χ2v) is 5.94. The monoisotopic (exact) mass is 303 g/mol. The Morgan fingerprint density at radius 3 is 2.76 bits per heavy atom. The highest BCUT2D eigenvalue weighted by Gasteiger charge is 2.06. The van der Waals surface area contributed by atoms with Gasteiger partial charge in [-0.25, -0.2) is 0 Å². The number of rotatable bonds is 6. The number of guanidine groups is 1. The first-order valence-corrected chi connectivity index (χ1v) is 7.84. The third kappa shape index (κ3) is 5.21. The van der Waals surface area contributed by atoms with Crippen molar-refractivity contribution in [3.8, 4) is 0 Å². The Morgan fingerprint density at radius 1 is 1.33 bits per heavy atom. The lowest BCUT2D eigenvalue weighted by atomic mass is 10.1. The maximum atomic E-state index is 10.0. The minimum atomic E-state index is -0.622. The summed E-state index contributed by atoms with van der Waals surface area (Å²) in [6.07, 6.45) is 0.303. The van der Waals surface area contributed by atoms with Gasteiger partial charge in [-0.1, -0.05) is 35.9 Å². The van der Waals surface area contributed by atoms with Crippen molar-refractivity contribution in [2.24, 2.45) is 10.7 Å². The first kappa shape index (κ1) is 15.5. The van der Waals surface area contributed by atoms with Crippen molar-refractivity contribution < 1.29 is 5.11 Å². The van der Waals surface area contributed by atoms with Crippen LogP contribution < -0.4 is 11.1 Å². The molecule has 2 aromatic rings. The van der Waals surface area contributed by atoms with Gasteiger partial charge in [-0.05, 0) is 30.4 Å². The van der Waals surface area contributed by atoms with Crippen LogP contribution in [0.4, 0.5) is 0 Å². The molecule has 1 aromatic carbocycles. The molecule has 0 spiro atoms. The summed E-state index contributed by atoms with van der Waals surface area (Å²) in [7, 11) is 0. The number of aliphatic imine (C=N–C) groups is 1. The fourth-order valence-electron chi connectivity index (χ4n) is 1.90. The van der Waals surface area contributed by atoms with Crippen LogP contribution in [0.3, 0.4) is 0 Å². The molecule has 4 N–H and O–H groups in total. The number of hydrogen-bond donors (Lipinski definition) is 3. The molecule has 0 aliphatic heterocycles. The Morgan fingerprint density at radius 2 is 2.10 bits per heavy atom. The summed E-state index contributed by atoms with van der Waals surface area (Å²) in [6.45, 7) is 3.03. The van der Waals surface area contributed by atoms with Crippen molar-refractivity contribution in [3.05, 3.63) is 57.8 Å². The Hall–Kier alpha value is -1.85. The minimum absolute atomic E-state index is 0.265. The lowest BCUT2D eigenvalue weighted by molar-refractivity contribution is 0.187. The number of thiophene rings is 1. The molecule has 0 fully saturated rings. The average Bonchev–Trinajstić information content (AvgIpc) is 2.99. The van der Waals surface area contributed by atoms with Gasteiger partial charge in [-0.2, -0.15) is 0 Å². The highest BCUT2D eigenvalue weighted by Crippen LogP contribution is 2.13. The van der Waals surface area contributed by atoms with Crippen LogP contribution in [-0.4, -0.2) is 24.2 Å². The molecule has 1 aromatic heterocycles. The van der Waals surface area contributed by atoms with E-state index in [9.17, 15) is 5.11 Å². The Bertz CT molecular complexity index is 564.